The number of aryl methyl sites for hydroxylation is 1. The molecule has 2 saturated heterocycles. The Morgan fingerprint density at radius 3 is 2.42 bits per heavy atom. The fourth-order valence-corrected chi connectivity index (χ4v) is 7.26. The molecule has 3 heterocycles. The Kier molecular flexibility index (Phi) is 11.3. The van der Waals surface area contributed by atoms with Gasteiger partial charge in [0.2, 0.25) is 5.91 Å². The van der Waals surface area contributed by atoms with Crippen molar-refractivity contribution in [3.63, 3.8) is 0 Å². The van der Waals surface area contributed by atoms with Gasteiger partial charge < -0.3 is 29.2 Å². The molecule has 2 aliphatic rings. The van der Waals surface area contributed by atoms with Gasteiger partial charge in [-0.1, -0.05) is 103 Å². The van der Waals surface area contributed by atoms with Crippen LogP contribution in [0.15, 0.2) is 115 Å². The molecular weight excluding hydrogens is 695 g/mol. The number of thioether (sulfide) groups is 1. The predicted molar refractivity (Wildman–Crippen MR) is 196 cm³/mol. The molecule has 272 valence electrons. The average Bonchev–Trinajstić information content (AvgIpc) is 3.73. The molecule has 0 aliphatic carbocycles. The number of alkyl carbamates (subject to hydrolysis) is 1. The topological polar surface area (TPSA) is 145 Å². The highest BCUT2D eigenvalue weighted by atomic mass is 32.2. The van der Waals surface area contributed by atoms with Crippen molar-refractivity contribution in [2.75, 3.05) is 5.75 Å². The first-order chi connectivity index (χ1) is 25.8. The number of aliphatic hydroxyl groups excluding tert-OH is 1. The van der Waals surface area contributed by atoms with Crippen molar-refractivity contribution in [1.82, 2.24) is 25.0 Å². The molecule has 0 radical (unpaired) electrons. The quantitative estimate of drug-likeness (QED) is 0.118. The molecule has 7 rings (SSSR count). The van der Waals surface area contributed by atoms with E-state index < -0.39 is 24.3 Å². The van der Waals surface area contributed by atoms with Crippen LogP contribution in [0.4, 0.5) is 4.79 Å². The maximum absolute atomic E-state index is 13.2. The molecule has 3 amide bonds. The zero-order valence-electron chi connectivity index (χ0n) is 29.0. The summed E-state index contributed by atoms with van der Waals surface area (Å²) in [7, 11) is 1.91. The van der Waals surface area contributed by atoms with Crippen LogP contribution in [0.3, 0.4) is 0 Å². The van der Waals surface area contributed by atoms with E-state index in [-0.39, 0.29) is 44.3 Å². The number of hydrogen-bond donors (Lipinski definition) is 2. The fourth-order valence-electron chi connectivity index (χ4n) is 6.36. The Labute approximate surface area is 311 Å². The number of rotatable bonds is 12. The number of carbonyl (C=O) groups excluding carboxylic acids is 3. The molecule has 2 aliphatic heterocycles. The van der Waals surface area contributed by atoms with E-state index in [1.807, 2.05) is 115 Å². The molecule has 53 heavy (non-hydrogen) atoms. The highest BCUT2D eigenvalue weighted by molar-refractivity contribution is 7.99. The summed E-state index contributed by atoms with van der Waals surface area (Å²) in [5.74, 6) is -0.189. The van der Waals surface area contributed by atoms with Gasteiger partial charge in [-0.25, -0.2) is 4.79 Å². The van der Waals surface area contributed by atoms with Crippen LogP contribution in [-0.2, 0) is 50.6 Å². The number of benzene rings is 4. The molecule has 12 nitrogen and oxygen atoms in total. The van der Waals surface area contributed by atoms with E-state index in [1.54, 1.807) is 18.1 Å². The van der Waals surface area contributed by atoms with Crippen molar-refractivity contribution in [2.45, 2.75) is 62.3 Å². The van der Waals surface area contributed by atoms with Crippen LogP contribution in [0.25, 0.3) is 11.1 Å². The van der Waals surface area contributed by atoms with Gasteiger partial charge in [0.1, 0.15) is 19.0 Å². The van der Waals surface area contributed by atoms with Gasteiger partial charge in [0.15, 0.2) is 11.4 Å². The molecular formula is C40H39N5O7S. The van der Waals surface area contributed by atoms with Crippen molar-refractivity contribution in [3.05, 3.63) is 137 Å². The van der Waals surface area contributed by atoms with E-state index in [1.165, 1.54) is 4.90 Å². The van der Waals surface area contributed by atoms with E-state index in [2.05, 4.69) is 15.5 Å². The smallest absolute Gasteiger partial charge is 0.408 e. The molecule has 4 unspecified atom stereocenters. The minimum absolute atomic E-state index is 0.0309. The van der Waals surface area contributed by atoms with Crippen LogP contribution in [0.2, 0.25) is 0 Å². The predicted octanol–water partition coefficient (Wildman–Crippen LogP) is 5.87. The molecule has 0 saturated carbocycles. The number of likely N-dealkylation sites (tertiary alicyclic amines) is 1. The standard InChI is InChI=1S/C40H39N5O7S/c1-44-25-41-43-39(44)53-24-33-19-35(29-15-13-26(22-46)14-16-29)52-38(51-33)32-12-6-11-31(18-32)30-10-5-9-28(17-30)21-45-36(47)20-34(37(45)48)42-40(49)50-23-27-7-3-2-4-8-27/h2-18,25,33-35,38,46H,19-24H2,1H3,(H,42,49). The molecule has 2 fully saturated rings. The van der Waals surface area contributed by atoms with Crippen molar-refractivity contribution in [3.8, 4) is 11.1 Å². The number of nitrogens with zero attached hydrogens (tertiary/aromatic N) is 4. The number of hydrogen-bond acceptors (Lipinski definition) is 10. The summed E-state index contributed by atoms with van der Waals surface area (Å²) in [4.78, 5) is 39.7. The number of aliphatic hydroxyl groups is 1. The van der Waals surface area contributed by atoms with Crippen molar-refractivity contribution in [2.24, 2.45) is 7.05 Å². The first-order valence-corrected chi connectivity index (χ1v) is 18.3. The Hall–Kier alpha value is -5.34. The van der Waals surface area contributed by atoms with E-state index in [9.17, 15) is 19.5 Å². The van der Waals surface area contributed by atoms with Gasteiger partial charge in [-0.05, 0) is 45.5 Å². The number of aromatic nitrogens is 3. The lowest BCUT2D eigenvalue weighted by Crippen LogP contribution is -2.41. The molecule has 1 aromatic heterocycles. The minimum Gasteiger partial charge on any atom is -0.445 e. The van der Waals surface area contributed by atoms with E-state index >= 15 is 0 Å². The first-order valence-electron chi connectivity index (χ1n) is 17.3. The first kappa shape index (κ1) is 36.0. The van der Waals surface area contributed by atoms with Crippen molar-refractivity contribution >= 4 is 29.7 Å². The van der Waals surface area contributed by atoms with Gasteiger partial charge in [-0.15, -0.1) is 10.2 Å². The molecule has 0 bridgehead atoms. The number of amides is 3. The van der Waals surface area contributed by atoms with Crippen molar-refractivity contribution in [1.29, 1.82) is 0 Å². The Morgan fingerprint density at radius 2 is 1.66 bits per heavy atom. The maximum Gasteiger partial charge on any atom is 0.408 e. The molecule has 5 aromatic rings. The van der Waals surface area contributed by atoms with Gasteiger partial charge in [0.25, 0.3) is 5.91 Å². The fraction of sp³-hybridized carbons (Fsp3) is 0.275. The van der Waals surface area contributed by atoms with Gasteiger partial charge in [-0.3, -0.25) is 14.5 Å². The third-order valence-corrected chi connectivity index (χ3v) is 10.4. The van der Waals surface area contributed by atoms with Crippen LogP contribution in [-0.4, -0.2) is 60.6 Å². The SMILES string of the molecule is Cn1cnnc1SCC1CC(c2ccc(CO)cc2)OC(c2cccc(-c3cccc(CN4C(=O)CC(NC(=O)OCc5ccccc5)C4=O)c3)c2)O1. The van der Waals surface area contributed by atoms with Gasteiger partial charge in [0.05, 0.1) is 31.8 Å². The largest absolute Gasteiger partial charge is 0.445 e. The minimum atomic E-state index is -0.986. The number of carbonyl (C=O) groups is 3. The highest BCUT2D eigenvalue weighted by Gasteiger charge is 2.40. The van der Waals surface area contributed by atoms with Gasteiger partial charge in [-0.2, -0.15) is 0 Å². The lowest BCUT2D eigenvalue weighted by Gasteiger charge is -2.36. The van der Waals surface area contributed by atoms with Crippen molar-refractivity contribution < 1.29 is 33.7 Å². The van der Waals surface area contributed by atoms with E-state index in [4.69, 9.17) is 14.2 Å². The third-order valence-electron chi connectivity index (χ3n) is 9.19. The monoisotopic (exact) mass is 733 g/mol. The highest BCUT2D eigenvalue weighted by Crippen LogP contribution is 2.40. The molecule has 4 atom stereocenters. The summed E-state index contributed by atoms with van der Waals surface area (Å²) in [5.41, 5.74) is 6.06. The molecule has 2 N–H and O–H groups in total. The maximum atomic E-state index is 13.2. The number of nitrogens with one attached hydrogen (secondary N) is 1. The summed E-state index contributed by atoms with van der Waals surface area (Å²) >= 11 is 1.58. The zero-order valence-corrected chi connectivity index (χ0v) is 29.9. The van der Waals surface area contributed by atoms with E-state index in [0.717, 1.165) is 44.1 Å². The zero-order chi connectivity index (χ0) is 36.7. The normalized spacial score (nSPS) is 20.1. The molecule has 4 aromatic carbocycles. The molecule has 0 spiro atoms. The molecule has 13 heteroatoms. The van der Waals surface area contributed by atoms with Crippen LogP contribution >= 0.6 is 11.8 Å². The van der Waals surface area contributed by atoms with Gasteiger partial charge in [0, 0.05) is 24.8 Å². The second-order valence-electron chi connectivity index (χ2n) is 13.0. The summed E-state index contributed by atoms with van der Waals surface area (Å²) < 4.78 is 20.3. The lowest BCUT2D eigenvalue weighted by atomic mass is 9.99. The van der Waals surface area contributed by atoms with Crippen LogP contribution in [0.5, 0.6) is 0 Å². The second-order valence-corrected chi connectivity index (χ2v) is 14.0. The summed E-state index contributed by atoms with van der Waals surface area (Å²) in [6.45, 7) is 0.0945. The van der Waals surface area contributed by atoms with Crippen LogP contribution in [0.1, 0.15) is 53.1 Å². The Morgan fingerprint density at radius 1 is 0.906 bits per heavy atom. The van der Waals surface area contributed by atoms with Gasteiger partial charge >= 0.3 is 6.09 Å². The summed E-state index contributed by atoms with van der Waals surface area (Å²) in [6, 6.07) is 31.6. The average molecular weight is 734 g/mol. The third kappa shape index (κ3) is 8.83. The Bertz CT molecular complexity index is 2060. The number of imide groups is 1. The second kappa shape index (κ2) is 16.6. The Balaban J connectivity index is 1.03. The summed E-state index contributed by atoms with van der Waals surface area (Å²) in [5, 5.41) is 21.1. The lowest BCUT2D eigenvalue weighted by molar-refractivity contribution is -0.245. The van der Waals surface area contributed by atoms with Crippen LogP contribution in [0, 0.1) is 0 Å². The summed E-state index contributed by atoms with van der Waals surface area (Å²) in [6.07, 6.45) is 0.388. The van der Waals surface area contributed by atoms with E-state index in [0.29, 0.717) is 12.2 Å². The number of ether oxygens (including phenoxy) is 3. The van der Waals surface area contributed by atoms with Crippen LogP contribution < -0.4 is 5.32 Å².